The van der Waals surface area contributed by atoms with Gasteiger partial charge in [-0.2, -0.15) is 5.26 Å². The van der Waals surface area contributed by atoms with Crippen LogP contribution in [0.1, 0.15) is 16.7 Å². The molecule has 0 atom stereocenters. The normalized spacial score (nSPS) is 13.7. The lowest BCUT2D eigenvalue weighted by Crippen LogP contribution is -2.28. The van der Waals surface area contributed by atoms with Crippen LogP contribution in [0.5, 0.6) is 17.5 Å². The number of ether oxygens (including phenoxy) is 1. The van der Waals surface area contributed by atoms with Gasteiger partial charge in [-0.3, -0.25) is 0 Å². The predicted molar refractivity (Wildman–Crippen MR) is 106 cm³/mol. The third kappa shape index (κ3) is 3.08. The van der Waals surface area contributed by atoms with Crippen LogP contribution in [-0.4, -0.2) is 40.4 Å². The number of likely N-dealkylation sites (N-methyl/N-ethyl adjacent to an activating group) is 1. The van der Waals surface area contributed by atoms with Gasteiger partial charge in [-0.15, -0.1) is 0 Å². The molecule has 0 bridgehead atoms. The van der Waals surface area contributed by atoms with Gasteiger partial charge in [0.2, 0.25) is 0 Å². The molecule has 0 spiro atoms. The number of halogens is 1. The van der Waals surface area contributed by atoms with Crippen molar-refractivity contribution < 1.29 is 19.3 Å². The van der Waals surface area contributed by atoms with Gasteiger partial charge in [0.25, 0.3) is 0 Å². The smallest absolute Gasteiger partial charge is 0.198 e. The number of aromatic hydroxyl groups is 2. The van der Waals surface area contributed by atoms with Gasteiger partial charge in [0.15, 0.2) is 11.8 Å². The predicted octanol–water partition coefficient (Wildman–Crippen LogP) is 3.56. The molecule has 1 aliphatic heterocycles. The minimum absolute atomic E-state index is 0.162. The van der Waals surface area contributed by atoms with E-state index in [1.807, 2.05) is 7.05 Å². The maximum Gasteiger partial charge on any atom is 0.198 e. The number of methoxy groups -OCH3 is 1. The maximum atomic E-state index is 14.1. The molecule has 0 aliphatic carbocycles. The Labute approximate surface area is 167 Å². The van der Waals surface area contributed by atoms with E-state index in [0.29, 0.717) is 30.0 Å². The van der Waals surface area contributed by atoms with Gasteiger partial charge in [0.1, 0.15) is 17.6 Å². The molecule has 3 aromatic rings. The van der Waals surface area contributed by atoms with Crippen molar-refractivity contribution in [2.45, 2.75) is 13.0 Å². The Hall–Kier alpha value is -3.50. The molecule has 7 heteroatoms. The Morgan fingerprint density at radius 2 is 1.79 bits per heavy atom. The summed E-state index contributed by atoms with van der Waals surface area (Å²) in [5.74, 6) is -0.211. The number of hydrogen-bond acceptors (Lipinski definition) is 5. The Balaban J connectivity index is 2.09. The number of nitrogens with zero attached hydrogens (tertiary/aromatic N) is 3. The lowest BCUT2D eigenvalue weighted by molar-refractivity contribution is 0.311. The van der Waals surface area contributed by atoms with Gasteiger partial charge in [0, 0.05) is 30.8 Å². The van der Waals surface area contributed by atoms with Crippen LogP contribution in [-0.2, 0) is 13.0 Å². The van der Waals surface area contributed by atoms with Crippen molar-refractivity contribution in [1.29, 1.82) is 5.26 Å². The fourth-order valence-corrected chi connectivity index (χ4v) is 3.99. The van der Waals surface area contributed by atoms with Crippen LogP contribution in [0.3, 0.4) is 0 Å². The first-order valence-corrected chi connectivity index (χ1v) is 9.16. The van der Waals surface area contributed by atoms with E-state index in [4.69, 9.17) is 4.74 Å². The molecule has 4 rings (SSSR count). The molecule has 0 fully saturated rings. The highest BCUT2D eigenvalue weighted by molar-refractivity contribution is 5.79. The summed E-state index contributed by atoms with van der Waals surface area (Å²) in [6.45, 7) is 1.30. The Morgan fingerprint density at radius 1 is 1.07 bits per heavy atom. The van der Waals surface area contributed by atoms with Crippen LogP contribution in [0, 0.1) is 17.1 Å². The van der Waals surface area contributed by atoms with Gasteiger partial charge < -0.3 is 19.8 Å². The quantitative estimate of drug-likeness (QED) is 0.711. The van der Waals surface area contributed by atoms with E-state index in [9.17, 15) is 19.9 Å². The molecule has 0 unspecified atom stereocenters. The molecule has 148 valence electrons. The minimum atomic E-state index is -0.397. The van der Waals surface area contributed by atoms with E-state index in [0.717, 1.165) is 23.2 Å². The summed E-state index contributed by atoms with van der Waals surface area (Å²) in [7, 11) is 3.48. The second-order valence-electron chi connectivity index (χ2n) is 7.11. The van der Waals surface area contributed by atoms with Crippen LogP contribution in [0.4, 0.5) is 4.39 Å². The van der Waals surface area contributed by atoms with E-state index in [2.05, 4.69) is 11.0 Å². The summed E-state index contributed by atoms with van der Waals surface area (Å²) in [5, 5.41) is 30.4. The van der Waals surface area contributed by atoms with E-state index in [-0.39, 0.29) is 17.3 Å². The summed E-state index contributed by atoms with van der Waals surface area (Å²) in [6.07, 6.45) is 0.669. The molecule has 0 saturated heterocycles. The number of aromatic nitrogens is 1. The largest absolute Gasteiger partial charge is 0.496 e. The number of fused-ring (bicyclic) bond motifs is 1. The topological polar surface area (TPSA) is 81.6 Å². The van der Waals surface area contributed by atoms with Crippen LogP contribution >= 0.6 is 0 Å². The zero-order chi connectivity index (χ0) is 20.7. The molecule has 1 aromatic heterocycles. The first-order valence-electron chi connectivity index (χ1n) is 9.16. The molecule has 2 N–H and O–H groups in total. The highest BCUT2D eigenvalue weighted by Crippen LogP contribution is 2.42. The average molecular weight is 393 g/mol. The zero-order valence-corrected chi connectivity index (χ0v) is 16.1. The summed E-state index contributed by atoms with van der Waals surface area (Å²) >= 11 is 0. The fourth-order valence-electron chi connectivity index (χ4n) is 3.99. The molecule has 29 heavy (non-hydrogen) atoms. The number of hydrogen-bond donors (Lipinski definition) is 2. The van der Waals surface area contributed by atoms with Crippen molar-refractivity contribution in [3.8, 4) is 40.4 Å². The molecule has 0 saturated carbocycles. The van der Waals surface area contributed by atoms with Gasteiger partial charge in [-0.05, 0) is 54.4 Å². The van der Waals surface area contributed by atoms with Crippen LogP contribution < -0.4 is 4.74 Å². The lowest BCUT2D eigenvalue weighted by Gasteiger charge is -2.30. The van der Waals surface area contributed by atoms with Crippen molar-refractivity contribution in [3.63, 3.8) is 0 Å². The van der Waals surface area contributed by atoms with Gasteiger partial charge in [-0.1, -0.05) is 0 Å². The molecule has 0 radical (unpaired) electrons. The first-order chi connectivity index (χ1) is 13.9. The van der Waals surface area contributed by atoms with E-state index < -0.39 is 5.82 Å². The van der Waals surface area contributed by atoms with E-state index in [1.165, 1.54) is 35.9 Å². The average Bonchev–Trinajstić information content (AvgIpc) is 3.04. The van der Waals surface area contributed by atoms with Gasteiger partial charge >= 0.3 is 0 Å². The Morgan fingerprint density at radius 3 is 2.45 bits per heavy atom. The van der Waals surface area contributed by atoms with E-state index >= 15 is 0 Å². The number of rotatable bonds is 3. The fraction of sp³-hybridized carbons (Fsp3) is 0.227. The summed E-state index contributed by atoms with van der Waals surface area (Å²) < 4.78 is 20.8. The van der Waals surface area contributed by atoms with Crippen molar-refractivity contribution in [2.75, 3.05) is 20.7 Å². The number of benzene rings is 2. The van der Waals surface area contributed by atoms with Crippen LogP contribution in [0.15, 0.2) is 36.4 Å². The molecule has 0 amide bonds. The molecular formula is C22H20FN3O3. The molecule has 6 nitrogen and oxygen atoms in total. The zero-order valence-electron chi connectivity index (χ0n) is 16.1. The van der Waals surface area contributed by atoms with Gasteiger partial charge in [-0.25, -0.2) is 8.96 Å². The van der Waals surface area contributed by atoms with Crippen molar-refractivity contribution in [2.24, 2.45) is 0 Å². The first kappa shape index (κ1) is 18.8. The molecular weight excluding hydrogens is 373 g/mol. The third-order valence-corrected chi connectivity index (χ3v) is 5.33. The standard InChI is InChI=1S/C22H20FN3O3/c1-25-8-7-15-16(17-10-14(23)3-4-19(17)29-2)9-13(11-24)22(18(15)12-25)26-20(27)5-6-21(26)28/h3-6,9-10,27-28H,7-8,12H2,1-2H3. The third-order valence-electron chi connectivity index (χ3n) is 5.33. The summed E-state index contributed by atoms with van der Waals surface area (Å²) in [5.41, 5.74) is 3.73. The molecule has 2 aromatic carbocycles. The van der Waals surface area contributed by atoms with Crippen molar-refractivity contribution >= 4 is 0 Å². The maximum absolute atomic E-state index is 14.1. The molecule has 2 heterocycles. The van der Waals surface area contributed by atoms with Crippen molar-refractivity contribution in [1.82, 2.24) is 9.47 Å². The van der Waals surface area contributed by atoms with Crippen molar-refractivity contribution in [3.05, 3.63) is 58.9 Å². The highest BCUT2D eigenvalue weighted by Gasteiger charge is 2.27. The Bertz CT molecular complexity index is 1130. The number of nitriles is 1. The van der Waals surface area contributed by atoms with Crippen LogP contribution in [0.25, 0.3) is 16.8 Å². The molecule has 1 aliphatic rings. The summed E-state index contributed by atoms with van der Waals surface area (Å²) in [4.78, 5) is 2.09. The van der Waals surface area contributed by atoms with Gasteiger partial charge in [0.05, 0.1) is 18.4 Å². The minimum Gasteiger partial charge on any atom is -0.496 e. The summed E-state index contributed by atoms with van der Waals surface area (Å²) in [6, 6.07) is 10.9. The van der Waals surface area contributed by atoms with E-state index in [1.54, 1.807) is 12.1 Å². The highest BCUT2D eigenvalue weighted by atomic mass is 19.1. The monoisotopic (exact) mass is 393 g/mol. The Kier molecular flexibility index (Phi) is 4.65. The lowest BCUT2D eigenvalue weighted by atomic mass is 9.87. The second kappa shape index (κ2) is 7.15. The second-order valence-corrected chi connectivity index (χ2v) is 7.11. The SMILES string of the molecule is COc1ccc(F)cc1-c1cc(C#N)c(-n2c(O)ccc2O)c2c1CCN(C)C2. The van der Waals surface area contributed by atoms with Crippen LogP contribution in [0.2, 0.25) is 0 Å².